The van der Waals surface area contributed by atoms with E-state index in [1.807, 2.05) is 6.92 Å². The van der Waals surface area contributed by atoms with Gasteiger partial charge in [-0.15, -0.1) is 0 Å². The Morgan fingerprint density at radius 3 is 2.50 bits per heavy atom. The van der Waals surface area contributed by atoms with Crippen LogP contribution in [0.2, 0.25) is 0 Å². The first-order valence-electron chi connectivity index (χ1n) is 3.81. The summed E-state index contributed by atoms with van der Waals surface area (Å²) in [4.78, 5) is 10.5. The lowest BCUT2D eigenvalue weighted by Crippen LogP contribution is -2.06. The van der Waals surface area contributed by atoms with Crippen LogP contribution in [0.3, 0.4) is 0 Å². The molecule has 0 aromatic carbocycles. The highest BCUT2D eigenvalue weighted by molar-refractivity contribution is 5.75. The summed E-state index contributed by atoms with van der Waals surface area (Å²) in [6.45, 7) is 3.83. The van der Waals surface area contributed by atoms with Crippen molar-refractivity contribution in [1.82, 2.24) is 0 Å². The van der Waals surface area contributed by atoms with E-state index in [-0.39, 0.29) is 12.4 Å². The van der Waals surface area contributed by atoms with Crippen molar-refractivity contribution in [3.05, 3.63) is 0 Å². The molecule has 1 atom stereocenters. The number of carbonyl (C=O) groups is 1. The van der Waals surface area contributed by atoms with Crippen molar-refractivity contribution < 1.29 is 9.90 Å². The molecule has 0 aromatic rings. The van der Waals surface area contributed by atoms with E-state index in [2.05, 4.69) is 0 Å². The topological polar surface area (TPSA) is 37.3 Å². The van der Waals surface area contributed by atoms with Crippen molar-refractivity contribution in [2.24, 2.45) is 5.92 Å². The first-order chi connectivity index (χ1) is 4.70. The average Bonchev–Trinajstić information content (AvgIpc) is 1.90. The smallest absolute Gasteiger partial charge is 0.129 e. The third-order valence-electron chi connectivity index (χ3n) is 1.74. The van der Waals surface area contributed by atoms with Gasteiger partial charge in [0.05, 0.1) is 0 Å². The van der Waals surface area contributed by atoms with Gasteiger partial charge >= 0.3 is 0 Å². The Morgan fingerprint density at radius 1 is 1.60 bits per heavy atom. The number of Topliss-reactive ketones (excluding diaryl/α,β-unsaturated/α-hetero) is 1. The molecule has 0 aliphatic carbocycles. The summed E-state index contributed by atoms with van der Waals surface area (Å²) in [6.07, 6.45) is 2.41. The monoisotopic (exact) mass is 144 g/mol. The fourth-order valence-electron chi connectivity index (χ4n) is 0.832. The Labute approximate surface area is 62.2 Å². The van der Waals surface area contributed by atoms with E-state index >= 15 is 0 Å². The predicted octanol–water partition coefficient (Wildman–Crippen LogP) is 1.37. The van der Waals surface area contributed by atoms with Gasteiger partial charge in [-0.05, 0) is 19.3 Å². The minimum absolute atomic E-state index is 0.212. The van der Waals surface area contributed by atoms with E-state index < -0.39 is 0 Å². The zero-order valence-corrected chi connectivity index (χ0v) is 6.76. The fraction of sp³-hybridized carbons (Fsp3) is 0.875. The van der Waals surface area contributed by atoms with E-state index in [4.69, 9.17) is 5.11 Å². The van der Waals surface area contributed by atoms with E-state index in [9.17, 15) is 4.79 Å². The van der Waals surface area contributed by atoms with Crippen LogP contribution in [-0.2, 0) is 4.79 Å². The van der Waals surface area contributed by atoms with Crippen molar-refractivity contribution in [3.8, 4) is 0 Å². The fourth-order valence-corrected chi connectivity index (χ4v) is 0.832. The van der Waals surface area contributed by atoms with Crippen LogP contribution in [-0.4, -0.2) is 17.5 Å². The third-order valence-corrected chi connectivity index (χ3v) is 1.74. The Hall–Kier alpha value is -0.370. The maximum Gasteiger partial charge on any atom is 0.129 e. The van der Waals surface area contributed by atoms with E-state index in [1.165, 1.54) is 0 Å². The van der Waals surface area contributed by atoms with Crippen LogP contribution >= 0.6 is 0 Å². The second-order valence-electron chi connectivity index (χ2n) is 2.70. The minimum Gasteiger partial charge on any atom is -0.396 e. The van der Waals surface area contributed by atoms with Crippen molar-refractivity contribution in [2.75, 3.05) is 6.61 Å². The summed E-state index contributed by atoms with van der Waals surface area (Å²) in [5.74, 6) is 0.538. The molecule has 0 bridgehead atoms. The van der Waals surface area contributed by atoms with Crippen molar-refractivity contribution in [2.45, 2.75) is 33.1 Å². The summed E-state index contributed by atoms with van der Waals surface area (Å²) in [5.41, 5.74) is 0. The van der Waals surface area contributed by atoms with Gasteiger partial charge in [-0.3, -0.25) is 0 Å². The average molecular weight is 144 g/mol. The van der Waals surface area contributed by atoms with Gasteiger partial charge in [-0.1, -0.05) is 13.3 Å². The molecule has 10 heavy (non-hydrogen) atoms. The summed E-state index contributed by atoms with van der Waals surface area (Å²) in [6, 6.07) is 0. The summed E-state index contributed by atoms with van der Waals surface area (Å²) in [5, 5.41) is 8.73. The molecule has 2 nitrogen and oxygen atoms in total. The molecular weight excluding hydrogens is 128 g/mol. The maximum atomic E-state index is 10.5. The lowest BCUT2D eigenvalue weighted by atomic mass is 10.0. The van der Waals surface area contributed by atoms with Gasteiger partial charge in [0.2, 0.25) is 0 Å². The Bertz CT molecular complexity index is 95.4. The molecule has 0 aromatic heterocycles. The van der Waals surface area contributed by atoms with E-state index in [0.29, 0.717) is 12.3 Å². The Kier molecular flexibility index (Phi) is 5.22. The summed E-state index contributed by atoms with van der Waals surface area (Å²) in [7, 11) is 0. The number of rotatable bonds is 5. The van der Waals surface area contributed by atoms with Gasteiger partial charge in [0.15, 0.2) is 0 Å². The molecule has 0 amide bonds. The zero-order valence-electron chi connectivity index (χ0n) is 6.76. The molecule has 2 heteroatoms. The van der Waals surface area contributed by atoms with Crippen LogP contribution in [0, 0.1) is 5.92 Å². The van der Waals surface area contributed by atoms with Gasteiger partial charge in [-0.2, -0.15) is 0 Å². The van der Waals surface area contributed by atoms with Crippen molar-refractivity contribution in [1.29, 1.82) is 0 Å². The molecule has 0 unspecified atom stereocenters. The van der Waals surface area contributed by atoms with Crippen LogP contribution in [0.15, 0.2) is 0 Å². The quantitative estimate of drug-likeness (QED) is 0.632. The molecule has 0 heterocycles. The lowest BCUT2D eigenvalue weighted by molar-refractivity contribution is -0.117. The molecule has 0 saturated heterocycles. The van der Waals surface area contributed by atoms with Gasteiger partial charge < -0.3 is 9.90 Å². The molecule has 0 spiro atoms. The predicted molar refractivity (Wildman–Crippen MR) is 40.8 cm³/mol. The zero-order chi connectivity index (χ0) is 7.98. The van der Waals surface area contributed by atoms with Crippen LogP contribution < -0.4 is 0 Å². The summed E-state index contributed by atoms with van der Waals surface area (Å²) < 4.78 is 0. The van der Waals surface area contributed by atoms with Crippen LogP contribution in [0.25, 0.3) is 0 Å². The highest BCUT2D eigenvalue weighted by Crippen LogP contribution is 2.09. The molecule has 0 rings (SSSR count). The summed E-state index contributed by atoms with van der Waals surface area (Å²) >= 11 is 0. The van der Waals surface area contributed by atoms with Crippen LogP contribution in [0.1, 0.15) is 33.1 Å². The number of carbonyl (C=O) groups excluding carboxylic acids is 1. The van der Waals surface area contributed by atoms with Gasteiger partial charge in [0, 0.05) is 13.0 Å². The maximum absolute atomic E-state index is 10.5. The third kappa shape index (κ3) is 4.50. The van der Waals surface area contributed by atoms with Gasteiger partial charge in [0.1, 0.15) is 5.78 Å². The first-order valence-corrected chi connectivity index (χ1v) is 3.81. The second-order valence-corrected chi connectivity index (χ2v) is 2.70. The standard InChI is InChI=1S/C8H16O2/c1-3-8(6-9)5-4-7(2)10/h8-9H,3-6H2,1-2H3/t8-/m1/s1. The van der Waals surface area contributed by atoms with Crippen molar-refractivity contribution in [3.63, 3.8) is 0 Å². The van der Waals surface area contributed by atoms with Gasteiger partial charge in [0.25, 0.3) is 0 Å². The minimum atomic E-state index is 0.212. The molecule has 0 saturated carbocycles. The molecule has 0 aliphatic heterocycles. The highest BCUT2D eigenvalue weighted by atomic mass is 16.3. The molecule has 0 radical (unpaired) electrons. The van der Waals surface area contributed by atoms with Gasteiger partial charge in [-0.25, -0.2) is 0 Å². The van der Waals surface area contributed by atoms with E-state index in [0.717, 1.165) is 12.8 Å². The number of aliphatic hydroxyl groups is 1. The highest BCUT2D eigenvalue weighted by Gasteiger charge is 2.04. The van der Waals surface area contributed by atoms with Crippen LogP contribution in [0.4, 0.5) is 0 Å². The normalized spacial score (nSPS) is 13.1. The largest absolute Gasteiger partial charge is 0.396 e. The Morgan fingerprint density at radius 2 is 2.20 bits per heavy atom. The number of ketones is 1. The molecular formula is C8H16O2. The number of aliphatic hydroxyl groups excluding tert-OH is 1. The molecule has 0 aliphatic rings. The lowest BCUT2D eigenvalue weighted by Gasteiger charge is -2.08. The number of hydrogen-bond donors (Lipinski definition) is 1. The molecule has 0 fully saturated rings. The second kappa shape index (κ2) is 5.42. The van der Waals surface area contributed by atoms with Crippen LogP contribution in [0.5, 0.6) is 0 Å². The molecule has 1 N–H and O–H groups in total. The SMILES string of the molecule is CC[C@@H](CO)CCC(C)=O. The first kappa shape index (κ1) is 9.63. The van der Waals surface area contributed by atoms with E-state index in [1.54, 1.807) is 6.92 Å². The Balaban J connectivity index is 3.34. The van der Waals surface area contributed by atoms with Crippen molar-refractivity contribution >= 4 is 5.78 Å². The number of hydrogen-bond acceptors (Lipinski definition) is 2. The molecule has 60 valence electrons.